The quantitative estimate of drug-likeness (QED) is 0.596. The lowest BCUT2D eigenvalue weighted by Gasteiger charge is -1.73. The lowest BCUT2D eigenvalue weighted by atomic mass is 10.4. The minimum Gasteiger partial charge on any atom is -0.294 e. The maximum atomic E-state index is 10.3. The molecule has 1 rings (SSSR count). The topological polar surface area (TPSA) is 47.0 Å². The van der Waals surface area contributed by atoms with Crippen molar-refractivity contribution < 1.29 is 9.78 Å². The van der Waals surface area contributed by atoms with Gasteiger partial charge in [-0.2, -0.15) is 0 Å². The summed E-state index contributed by atoms with van der Waals surface area (Å²) < 4.78 is 0. The molecular formula is C7H11N2O+. The number of nitrogens with one attached hydrogen (secondary N) is 2. The fraction of sp³-hybridized carbons (Fsp3) is 0.429. The second-order valence-electron chi connectivity index (χ2n) is 2.24. The second-order valence-corrected chi connectivity index (χ2v) is 2.24. The van der Waals surface area contributed by atoms with E-state index in [1.54, 1.807) is 0 Å². The molecule has 0 aliphatic carbocycles. The van der Waals surface area contributed by atoms with Crippen molar-refractivity contribution in [1.82, 2.24) is 4.98 Å². The van der Waals surface area contributed by atoms with Gasteiger partial charge in [-0.1, -0.05) is 6.92 Å². The standard InChI is InChI=1S/C7H10N2O/c1-3-7-8-5(2)6(4-10)9-7/h4H,3H2,1-2H3,(H,8,9)/p+1. The van der Waals surface area contributed by atoms with Gasteiger partial charge < -0.3 is 0 Å². The van der Waals surface area contributed by atoms with Crippen LogP contribution in [0.4, 0.5) is 0 Å². The van der Waals surface area contributed by atoms with Gasteiger partial charge in [0.1, 0.15) is 5.69 Å². The van der Waals surface area contributed by atoms with E-state index in [2.05, 4.69) is 9.97 Å². The van der Waals surface area contributed by atoms with E-state index in [0.29, 0.717) is 5.69 Å². The summed E-state index contributed by atoms with van der Waals surface area (Å²) in [6.07, 6.45) is 1.72. The number of aryl methyl sites for hydroxylation is 2. The number of aromatic amines is 2. The molecular weight excluding hydrogens is 128 g/mol. The first-order valence-electron chi connectivity index (χ1n) is 3.34. The number of imidazole rings is 1. The second kappa shape index (κ2) is 2.64. The first kappa shape index (κ1) is 6.99. The van der Waals surface area contributed by atoms with Crippen LogP contribution in [0, 0.1) is 6.92 Å². The number of hydrogen-bond donors (Lipinski definition) is 1. The zero-order valence-corrected chi connectivity index (χ0v) is 6.19. The summed E-state index contributed by atoms with van der Waals surface area (Å²) in [6.45, 7) is 3.90. The van der Waals surface area contributed by atoms with Crippen molar-refractivity contribution in [2.75, 3.05) is 0 Å². The Morgan fingerprint density at radius 3 is 2.70 bits per heavy atom. The largest absolute Gasteiger partial charge is 0.294 e. The molecule has 3 heteroatoms. The van der Waals surface area contributed by atoms with Crippen molar-refractivity contribution in [3.63, 3.8) is 0 Å². The van der Waals surface area contributed by atoms with E-state index in [-0.39, 0.29) is 0 Å². The Morgan fingerprint density at radius 1 is 1.70 bits per heavy atom. The molecule has 10 heavy (non-hydrogen) atoms. The summed E-state index contributed by atoms with van der Waals surface area (Å²) in [7, 11) is 0. The molecule has 0 unspecified atom stereocenters. The zero-order valence-electron chi connectivity index (χ0n) is 6.19. The van der Waals surface area contributed by atoms with Crippen LogP contribution in [0.3, 0.4) is 0 Å². The van der Waals surface area contributed by atoms with Crippen LogP contribution >= 0.6 is 0 Å². The van der Waals surface area contributed by atoms with E-state index in [9.17, 15) is 4.79 Å². The van der Waals surface area contributed by atoms with Gasteiger partial charge in [-0.15, -0.1) is 0 Å². The van der Waals surface area contributed by atoms with Crippen molar-refractivity contribution in [2.45, 2.75) is 20.3 Å². The van der Waals surface area contributed by atoms with E-state index in [1.165, 1.54) is 0 Å². The molecule has 0 fully saturated rings. The van der Waals surface area contributed by atoms with Crippen LogP contribution in [-0.4, -0.2) is 11.3 Å². The number of aromatic nitrogens is 2. The molecule has 1 heterocycles. The molecule has 0 amide bonds. The Hall–Kier alpha value is -1.12. The summed E-state index contributed by atoms with van der Waals surface area (Å²) in [6, 6.07) is 0. The molecule has 0 aromatic carbocycles. The predicted octanol–water partition coefficient (Wildman–Crippen LogP) is 0.512. The highest BCUT2D eigenvalue weighted by Crippen LogP contribution is 1.95. The number of hydrogen-bond acceptors (Lipinski definition) is 1. The van der Waals surface area contributed by atoms with E-state index in [0.717, 1.165) is 24.2 Å². The third-order valence-corrected chi connectivity index (χ3v) is 1.50. The Bertz CT molecular complexity index is 240. The van der Waals surface area contributed by atoms with Gasteiger partial charge in [-0.25, -0.2) is 9.97 Å². The normalized spacial score (nSPS) is 9.80. The Kier molecular flexibility index (Phi) is 1.85. The van der Waals surface area contributed by atoms with Gasteiger partial charge in [-0.05, 0) is 0 Å². The molecule has 0 spiro atoms. The number of aldehydes is 1. The van der Waals surface area contributed by atoms with Crippen LogP contribution in [0.15, 0.2) is 0 Å². The number of H-pyrrole nitrogens is 2. The minimum absolute atomic E-state index is 0.650. The molecule has 0 saturated carbocycles. The zero-order chi connectivity index (χ0) is 7.56. The van der Waals surface area contributed by atoms with Crippen molar-refractivity contribution in [3.8, 4) is 0 Å². The highest BCUT2D eigenvalue weighted by Gasteiger charge is 2.09. The van der Waals surface area contributed by atoms with E-state index >= 15 is 0 Å². The van der Waals surface area contributed by atoms with Crippen molar-refractivity contribution >= 4 is 6.29 Å². The van der Waals surface area contributed by atoms with Crippen molar-refractivity contribution in [2.24, 2.45) is 0 Å². The first-order valence-corrected chi connectivity index (χ1v) is 3.34. The van der Waals surface area contributed by atoms with Gasteiger partial charge in [0.2, 0.25) is 5.69 Å². The van der Waals surface area contributed by atoms with E-state index in [4.69, 9.17) is 0 Å². The summed E-state index contributed by atoms with van der Waals surface area (Å²) in [4.78, 5) is 16.3. The van der Waals surface area contributed by atoms with Crippen LogP contribution in [0.25, 0.3) is 0 Å². The molecule has 1 aromatic rings. The molecule has 0 radical (unpaired) electrons. The first-order chi connectivity index (χ1) is 4.77. The Labute approximate surface area is 59.5 Å². The number of rotatable bonds is 2. The van der Waals surface area contributed by atoms with Crippen LogP contribution < -0.4 is 4.98 Å². The van der Waals surface area contributed by atoms with Gasteiger partial charge in [0, 0.05) is 13.3 Å². The minimum atomic E-state index is 0.650. The fourth-order valence-electron chi connectivity index (χ4n) is 0.876. The van der Waals surface area contributed by atoms with Gasteiger partial charge >= 0.3 is 0 Å². The van der Waals surface area contributed by atoms with E-state index < -0.39 is 0 Å². The van der Waals surface area contributed by atoms with E-state index in [1.807, 2.05) is 13.8 Å². The van der Waals surface area contributed by atoms with Crippen LogP contribution in [0.2, 0.25) is 0 Å². The Balaban J connectivity index is 3.03. The average Bonchev–Trinajstić information content (AvgIpc) is 2.30. The SMILES string of the molecule is CCc1[nH]c(C)c(C=O)[nH+]1. The summed E-state index contributed by atoms with van der Waals surface area (Å²) in [5.74, 6) is 1.000. The lowest BCUT2D eigenvalue weighted by Crippen LogP contribution is -2.10. The van der Waals surface area contributed by atoms with Crippen molar-refractivity contribution in [3.05, 3.63) is 17.2 Å². The van der Waals surface area contributed by atoms with Gasteiger partial charge in [0.15, 0.2) is 6.29 Å². The summed E-state index contributed by atoms with van der Waals surface area (Å²) >= 11 is 0. The summed E-state index contributed by atoms with van der Waals surface area (Å²) in [5.41, 5.74) is 1.56. The molecule has 0 aliphatic rings. The number of carbonyl (C=O) groups excluding carboxylic acids is 1. The molecule has 3 nitrogen and oxygen atoms in total. The van der Waals surface area contributed by atoms with Gasteiger partial charge in [-0.3, -0.25) is 4.79 Å². The molecule has 0 bridgehead atoms. The van der Waals surface area contributed by atoms with Crippen LogP contribution in [0.1, 0.15) is 28.9 Å². The molecule has 0 saturated heterocycles. The van der Waals surface area contributed by atoms with Gasteiger partial charge in [0.25, 0.3) is 5.82 Å². The van der Waals surface area contributed by atoms with Gasteiger partial charge in [0.05, 0.1) is 0 Å². The number of carbonyl (C=O) groups is 1. The maximum absolute atomic E-state index is 10.3. The highest BCUT2D eigenvalue weighted by atomic mass is 16.1. The molecule has 1 aromatic heterocycles. The maximum Gasteiger partial charge on any atom is 0.252 e. The fourth-order valence-corrected chi connectivity index (χ4v) is 0.876. The molecule has 0 atom stereocenters. The van der Waals surface area contributed by atoms with Crippen molar-refractivity contribution in [1.29, 1.82) is 0 Å². The Morgan fingerprint density at radius 2 is 2.40 bits per heavy atom. The third kappa shape index (κ3) is 1.07. The summed E-state index contributed by atoms with van der Waals surface area (Å²) in [5, 5.41) is 0. The van der Waals surface area contributed by atoms with Crippen LogP contribution in [-0.2, 0) is 6.42 Å². The van der Waals surface area contributed by atoms with Crippen LogP contribution in [0.5, 0.6) is 0 Å². The molecule has 54 valence electrons. The molecule has 0 aliphatic heterocycles. The third-order valence-electron chi connectivity index (χ3n) is 1.50. The monoisotopic (exact) mass is 139 g/mol. The molecule has 2 N–H and O–H groups in total. The highest BCUT2D eigenvalue weighted by molar-refractivity contribution is 5.70. The smallest absolute Gasteiger partial charge is 0.252 e. The lowest BCUT2D eigenvalue weighted by molar-refractivity contribution is -0.390. The average molecular weight is 139 g/mol. The predicted molar refractivity (Wildman–Crippen MR) is 36.9 cm³/mol.